The van der Waals surface area contributed by atoms with Crippen LogP contribution in [0.1, 0.15) is 18.3 Å². The first-order valence-electron chi connectivity index (χ1n) is 5.65. The fourth-order valence-electron chi connectivity index (χ4n) is 1.52. The van der Waals surface area contributed by atoms with Crippen LogP contribution in [0.25, 0.3) is 0 Å². The van der Waals surface area contributed by atoms with Gasteiger partial charge in [-0.2, -0.15) is 0 Å². The zero-order valence-electron chi connectivity index (χ0n) is 10.2. The molecule has 0 atom stereocenters. The number of aromatic nitrogens is 2. The first-order chi connectivity index (χ1) is 8.60. The molecule has 2 aromatic rings. The van der Waals surface area contributed by atoms with E-state index >= 15 is 0 Å². The van der Waals surface area contributed by atoms with Crippen molar-refractivity contribution in [2.45, 2.75) is 20.3 Å². The van der Waals surface area contributed by atoms with Gasteiger partial charge in [0.15, 0.2) is 0 Å². The molecule has 1 aromatic heterocycles. The number of rotatable bonds is 3. The molecule has 0 saturated heterocycles. The van der Waals surface area contributed by atoms with Gasteiger partial charge in [-0.25, -0.2) is 9.97 Å². The van der Waals surface area contributed by atoms with Gasteiger partial charge in [0.2, 0.25) is 0 Å². The summed E-state index contributed by atoms with van der Waals surface area (Å²) >= 11 is 9.53. The van der Waals surface area contributed by atoms with Crippen LogP contribution in [0.2, 0.25) is 5.15 Å². The van der Waals surface area contributed by atoms with Crippen LogP contribution < -0.4 is 5.32 Å². The fourth-order valence-corrected chi connectivity index (χ4v) is 2.10. The second kappa shape index (κ2) is 5.67. The van der Waals surface area contributed by atoms with Gasteiger partial charge in [0.05, 0.1) is 0 Å². The van der Waals surface area contributed by atoms with Gasteiger partial charge in [0, 0.05) is 22.1 Å². The molecule has 0 fully saturated rings. The molecule has 0 spiro atoms. The van der Waals surface area contributed by atoms with Crippen molar-refractivity contribution < 1.29 is 0 Å². The Labute approximate surface area is 120 Å². The summed E-state index contributed by atoms with van der Waals surface area (Å²) in [5.41, 5.74) is 1.82. The van der Waals surface area contributed by atoms with E-state index in [-0.39, 0.29) is 0 Å². The summed E-state index contributed by atoms with van der Waals surface area (Å²) in [4.78, 5) is 8.67. The molecule has 0 unspecified atom stereocenters. The zero-order chi connectivity index (χ0) is 13.1. The zero-order valence-corrected chi connectivity index (χ0v) is 12.5. The molecule has 0 aliphatic heterocycles. The van der Waals surface area contributed by atoms with Crippen molar-refractivity contribution in [1.29, 1.82) is 0 Å². The number of hydrogen-bond donors (Lipinski definition) is 1. The molecule has 18 heavy (non-hydrogen) atoms. The van der Waals surface area contributed by atoms with E-state index in [9.17, 15) is 0 Å². The van der Waals surface area contributed by atoms with E-state index < -0.39 is 0 Å². The van der Waals surface area contributed by atoms with Crippen LogP contribution in [-0.4, -0.2) is 9.97 Å². The molecule has 5 heteroatoms. The molecule has 3 nitrogen and oxygen atoms in total. The number of nitrogens with zero attached hydrogens (tertiary/aromatic N) is 2. The Morgan fingerprint density at radius 3 is 2.78 bits per heavy atom. The summed E-state index contributed by atoms with van der Waals surface area (Å²) in [5, 5.41) is 3.76. The lowest BCUT2D eigenvalue weighted by atomic mass is 10.3. The Morgan fingerprint density at radius 1 is 1.33 bits per heavy atom. The summed E-state index contributed by atoms with van der Waals surface area (Å²) in [5.74, 6) is 1.49. The highest BCUT2D eigenvalue weighted by atomic mass is 79.9. The molecule has 2 rings (SSSR count). The normalized spacial score (nSPS) is 10.4. The van der Waals surface area contributed by atoms with Crippen LogP contribution >= 0.6 is 27.5 Å². The first-order valence-corrected chi connectivity index (χ1v) is 6.83. The van der Waals surface area contributed by atoms with Gasteiger partial charge in [-0.05, 0) is 25.1 Å². The first kappa shape index (κ1) is 13.3. The Balaban J connectivity index is 2.36. The minimum Gasteiger partial charge on any atom is -0.340 e. The van der Waals surface area contributed by atoms with Crippen molar-refractivity contribution in [3.8, 4) is 0 Å². The summed E-state index contributed by atoms with van der Waals surface area (Å²) in [6.07, 6.45) is 0.757. The van der Waals surface area contributed by atoms with Crippen molar-refractivity contribution in [1.82, 2.24) is 9.97 Å². The van der Waals surface area contributed by atoms with Gasteiger partial charge in [-0.15, -0.1) is 0 Å². The molecular formula is C13H13BrClN3. The Hall–Kier alpha value is -1.13. The number of halogens is 2. The monoisotopic (exact) mass is 325 g/mol. The second-order valence-corrected chi connectivity index (χ2v) is 5.17. The maximum atomic E-state index is 6.09. The average molecular weight is 327 g/mol. The number of anilines is 2. The maximum absolute atomic E-state index is 6.09. The largest absolute Gasteiger partial charge is 0.340 e. The van der Waals surface area contributed by atoms with E-state index in [0.717, 1.165) is 33.8 Å². The van der Waals surface area contributed by atoms with Crippen molar-refractivity contribution in [3.05, 3.63) is 45.3 Å². The molecule has 1 heterocycles. The molecule has 94 valence electrons. The van der Waals surface area contributed by atoms with Crippen molar-refractivity contribution in [2.24, 2.45) is 0 Å². The van der Waals surface area contributed by atoms with Crippen molar-refractivity contribution in [2.75, 3.05) is 5.32 Å². The highest BCUT2D eigenvalue weighted by molar-refractivity contribution is 9.10. The van der Waals surface area contributed by atoms with E-state index in [1.807, 2.05) is 38.1 Å². The topological polar surface area (TPSA) is 37.8 Å². The SMILES string of the molecule is CCc1nc(Cl)c(C)c(Nc2cccc(Br)c2)n1. The van der Waals surface area contributed by atoms with Crippen LogP contribution in [0.15, 0.2) is 28.7 Å². The molecule has 0 saturated carbocycles. The van der Waals surface area contributed by atoms with Crippen molar-refractivity contribution in [3.63, 3.8) is 0 Å². The average Bonchev–Trinajstić information content (AvgIpc) is 2.34. The summed E-state index contributed by atoms with van der Waals surface area (Å²) in [7, 11) is 0. The predicted octanol–water partition coefficient (Wildman–Crippen LogP) is 4.51. The third-order valence-electron chi connectivity index (χ3n) is 2.54. The molecular weight excluding hydrogens is 314 g/mol. The second-order valence-electron chi connectivity index (χ2n) is 3.89. The number of hydrogen-bond acceptors (Lipinski definition) is 3. The van der Waals surface area contributed by atoms with Crippen LogP contribution in [0.4, 0.5) is 11.5 Å². The van der Waals surface area contributed by atoms with Gasteiger partial charge in [-0.3, -0.25) is 0 Å². The third-order valence-corrected chi connectivity index (χ3v) is 3.40. The number of benzene rings is 1. The summed E-state index contributed by atoms with van der Waals surface area (Å²) in [6, 6.07) is 7.90. The Kier molecular flexibility index (Phi) is 4.19. The summed E-state index contributed by atoms with van der Waals surface area (Å²) in [6.45, 7) is 3.91. The quantitative estimate of drug-likeness (QED) is 0.843. The lowest BCUT2D eigenvalue weighted by molar-refractivity contribution is 0.934. The van der Waals surface area contributed by atoms with Gasteiger partial charge >= 0.3 is 0 Å². The molecule has 0 aliphatic rings. The number of aryl methyl sites for hydroxylation is 1. The van der Waals surface area contributed by atoms with Gasteiger partial charge in [0.25, 0.3) is 0 Å². The Morgan fingerprint density at radius 2 is 2.11 bits per heavy atom. The lowest BCUT2D eigenvalue weighted by Crippen LogP contribution is -2.03. The smallest absolute Gasteiger partial charge is 0.138 e. The van der Waals surface area contributed by atoms with Crippen LogP contribution in [0, 0.1) is 6.92 Å². The molecule has 1 aromatic carbocycles. The van der Waals surface area contributed by atoms with Gasteiger partial charge < -0.3 is 5.32 Å². The highest BCUT2D eigenvalue weighted by Gasteiger charge is 2.08. The number of nitrogens with one attached hydrogen (secondary N) is 1. The standard InChI is InChI=1S/C13H13BrClN3/c1-3-11-17-12(15)8(2)13(18-11)16-10-6-4-5-9(14)7-10/h4-7H,3H2,1-2H3,(H,16,17,18). The van der Waals surface area contributed by atoms with Crippen LogP contribution in [0.5, 0.6) is 0 Å². The van der Waals surface area contributed by atoms with E-state index in [2.05, 4.69) is 31.2 Å². The molecule has 0 bridgehead atoms. The van der Waals surface area contributed by atoms with Gasteiger partial charge in [-0.1, -0.05) is 40.5 Å². The van der Waals surface area contributed by atoms with E-state index in [1.165, 1.54) is 0 Å². The van der Waals surface area contributed by atoms with E-state index in [1.54, 1.807) is 0 Å². The molecule has 0 amide bonds. The highest BCUT2D eigenvalue weighted by Crippen LogP contribution is 2.25. The molecule has 0 radical (unpaired) electrons. The van der Waals surface area contributed by atoms with E-state index in [4.69, 9.17) is 11.6 Å². The minimum atomic E-state index is 0.499. The lowest BCUT2D eigenvalue weighted by Gasteiger charge is -2.11. The fraction of sp³-hybridized carbons (Fsp3) is 0.231. The predicted molar refractivity (Wildman–Crippen MR) is 78.6 cm³/mol. The van der Waals surface area contributed by atoms with Gasteiger partial charge in [0.1, 0.15) is 16.8 Å². The van der Waals surface area contributed by atoms with Crippen molar-refractivity contribution >= 4 is 39.0 Å². The third kappa shape index (κ3) is 3.00. The molecule has 0 aliphatic carbocycles. The van der Waals surface area contributed by atoms with Crippen LogP contribution in [-0.2, 0) is 6.42 Å². The summed E-state index contributed by atoms with van der Waals surface area (Å²) < 4.78 is 1.01. The van der Waals surface area contributed by atoms with Crippen LogP contribution in [0.3, 0.4) is 0 Å². The minimum absolute atomic E-state index is 0.499. The van der Waals surface area contributed by atoms with E-state index in [0.29, 0.717) is 5.15 Å². The maximum Gasteiger partial charge on any atom is 0.138 e. The molecule has 1 N–H and O–H groups in total. The Bertz CT molecular complexity index is 572.